The zero-order valence-electron chi connectivity index (χ0n) is 8.10. The molecular weight excluding hydrogens is 176 g/mol. The van der Waals surface area contributed by atoms with Crippen LogP contribution < -0.4 is 0 Å². The van der Waals surface area contributed by atoms with Crippen LogP contribution >= 0.6 is 0 Å². The van der Waals surface area contributed by atoms with Crippen molar-refractivity contribution >= 4 is 0 Å². The van der Waals surface area contributed by atoms with Crippen LogP contribution in [0.4, 0.5) is 0 Å². The Morgan fingerprint density at radius 1 is 0.923 bits per heavy atom. The Labute approximate surface area is 78.2 Å². The topological polar surface area (TPSA) is 68.2 Å². The first-order chi connectivity index (χ1) is 6.20. The first kappa shape index (κ1) is 12.8. The number of rotatable bonds is 8. The minimum absolute atomic E-state index is 0.0862. The van der Waals surface area contributed by atoms with Crippen LogP contribution in [-0.4, -0.2) is 49.2 Å². The fraction of sp³-hybridized carbons (Fsp3) is 1.00. The van der Waals surface area contributed by atoms with E-state index in [9.17, 15) is 0 Å². The van der Waals surface area contributed by atoms with Crippen molar-refractivity contribution in [2.45, 2.75) is 26.1 Å². The van der Waals surface area contributed by atoms with E-state index in [0.717, 1.165) is 0 Å². The summed E-state index contributed by atoms with van der Waals surface area (Å²) >= 11 is 0. The van der Waals surface area contributed by atoms with Crippen LogP contribution in [0.1, 0.15) is 13.8 Å². The highest BCUT2D eigenvalue weighted by Crippen LogP contribution is 1.96. The highest BCUT2D eigenvalue weighted by Gasteiger charge is 2.06. The standard InChI is InChI=1S/C8H18O5/c1-7(3-11-5-9)12-4-8(2)13-6-10/h7-10H,3-6H2,1-2H3. The first-order valence-corrected chi connectivity index (χ1v) is 4.23. The average molecular weight is 194 g/mol. The second-order valence-electron chi connectivity index (χ2n) is 2.75. The number of ether oxygens (including phenoxy) is 3. The molecule has 0 spiro atoms. The van der Waals surface area contributed by atoms with E-state index in [1.165, 1.54) is 0 Å². The summed E-state index contributed by atoms with van der Waals surface area (Å²) in [5.41, 5.74) is 0. The highest BCUT2D eigenvalue weighted by molar-refractivity contribution is 4.51. The number of hydrogen-bond donors (Lipinski definition) is 2. The molecule has 0 aromatic carbocycles. The minimum atomic E-state index is -0.300. The van der Waals surface area contributed by atoms with Gasteiger partial charge in [-0.3, -0.25) is 0 Å². The Morgan fingerprint density at radius 3 is 2.08 bits per heavy atom. The van der Waals surface area contributed by atoms with Crippen molar-refractivity contribution in [1.82, 2.24) is 0 Å². The van der Waals surface area contributed by atoms with E-state index >= 15 is 0 Å². The van der Waals surface area contributed by atoms with Crippen LogP contribution in [0.5, 0.6) is 0 Å². The smallest absolute Gasteiger partial charge is 0.144 e. The first-order valence-electron chi connectivity index (χ1n) is 4.23. The Balaban J connectivity index is 3.29. The molecule has 2 atom stereocenters. The third-order valence-electron chi connectivity index (χ3n) is 1.42. The predicted molar refractivity (Wildman–Crippen MR) is 46.1 cm³/mol. The van der Waals surface area contributed by atoms with Gasteiger partial charge in [-0.05, 0) is 13.8 Å². The summed E-state index contributed by atoms with van der Waals surface area (Å²) in [6.45, 7) is 3.79. The minimum Gasteiger partial charge on any atom is -0.373 e. The van der Waals surface area contributed by atoms with Gasteiger partial charge in [0.1, 0.15) is 13.6 Å². The maximum Gasteiger partial charge on any atom is 0.144 e. The van der Waals surface area contributed by atoms with Crippen molar-refractivity contribution in [2.75, 3.05) is 26.8 Å². The molecule has 0 rings (SSSR count). The zero-order valence-corrected chi connectivity index (χ0v) is 8.10. The molecule has 2 N–H and O–H groups in total. The molecule has 0 radical (unpaired) electrons. The molecule has 0 heterocycles. The molecule has 5 nitrogen and oxygen atoms in total. The van der Waals surface area contributed by atoms with Gasteiger partial charge in [0.15, 0.2) is 0 Å². The molecule has 0 aliphatic rings. The van der Waals surface area contributed by atoms with Crippen LogP contribution in [0.2, 0.25) is 0 Å². The van der Waals surface area contributed by atoms with Gasteiger partial charge >= 0.3 is 0 Å². The fourth-order valence-corrected chi connectivity index (χ4v) is 0.742. The SMILES string of the molecule is CC(COCO)OCC(C)OCO. The van der Waals surface area contributed by atoms with Gasteiger partial charge in [0.05, 0.1) is 25.4 Å². The Bertz CT molecular complexity index is 109. The van der Waals surface area contributed by atoms with E-state index in [1.54, 1.807) is 6.92 Å². The number of hydrogen-bond acceptors (Lipinski definition) is 5. The molecule has 0 amide bonds. The van der Waals surface area contributed by atoms with Crippen LogP contribution in [0.3, 0.4) is 0 Å². The van der Waals surface area contributed by atoms with Crippen LogP contribution in [0.15, 0.2) is 0 Å². The second-order valence-corrected chi connectivity index (χ2v) is 2.75. The van der Waals surface area contributed by atoms with E-state index in [1.807, 2.05) is 6.92 Å². The highest BCUT2D eigenvalue weighted by atomic mass is 16.6. The Morgan fingerprint density at radius 2 is 1.54 bits per heavy atom. The molecule has 2 unspecified atom stereocenters. The molecule has 0 bridgehead atoms. The summed E-state index contributed by atoms with van der Waals surface area (Å²) < 4.78 is 14.9. The van der Waals surface area contributed by atoms with Gasteiger partial charge in [0.25, 0.3) is 0 Å². The molecule has 13 heavy (non-hydrogen) atoms. The van der Waals surface area contributed by atoms with Crippen molar-refractivity contribution in [2.24, 2.45) is 0 Å². The monoisotopic (exact) mass is 194 g/mol. The lowest BCUT2D eigenvalue weighted by Gasteiger charge is -2.16. The van der Waals surface area contributed by atoms with Crippen LogP contribution in [0.25, 0.3) is 0 Å². The van der Waals surface area contributed by atoms with Crippen molar-refractivity contribution in [3.8, 4) is 0 Å². The maximum atomic E-state index is 8.41. The number of aliphatic hydroxyl groups excluding tert-OH is 2. The zero-order chi connectivity index (χ0) is 10.1. The summed E-state index contributed by atoms with van der Waals surface area (Å²) in [4.78, 5) is 0. The Hall–Kier alpha value is -0.200. The molecule has 5 heteroatoms. The summed E-state index contributed by atoms with van der Waals surface area (Å²) in [5.74, 6) is 0. The third kappa shape index (κ3) is 8.14. The molecule has 0 saturated carbocycles. The van der Waals surface area contributed by atoms with Crippen molar-refractivity contribution < 1.29 is 24.4 Å². The lowest BCUT2D eigenvalue weighted by Crippen LogP contribution is -2.23. The average Bonchev–Trinajstić information content (AvgIpc) is 2.12. The van der Waals surface area contributed by atoms with Gasteiger partial charge in [-0.25, -0.2) is 0 Å². The van der Waals surface area contributed by atoms with E-state index in [2.05, 4.69) is 0 Å². The fourth-order valence-electron chi connectivity index (χ4n) is 0.742. The second kappa shape index (κ2) is 8.40. The summed E-state index contributed by atoms with van der Waals surface area (Å²) in [5, 5.41) is 16.7. The van der Waals surface area contributed by atoms with Gasteiger partial charge in [-0.15, -0.1) is 0 Å². The summed E-state index contributed by atoms with van der Waals surface area (Å²) in [6.07, 6.45) is -0.224. The lowest BCUT2D eigenvalue weighted by atomic mass is 10.4. The number of aliphatic hydroxyl groups is 2. The van der Waals surface area contributed by atoms with Gasteiger partial charge in [0, 0.05) is 0 Å². The Kier molecular flexibility index (Phi) is 8.27. The maximum absolute atomic E-state index is 8.41. The van der Waals surface area contributed by atoms with Gasteiger partial charge in [-0.2, -0.15) is 0 Å². The predicted octanol–water partition coefficient (Wildman–Crippen LogP) is -0.287. The van der Waals surface area contributed by atoms with Crippen LogP contribution in [0, 0.1) is 0 Å². The normalized spacial score (nSPS) is 15.7. The molecule has 0 aliphatic carbocycles. The van der Waals surface area contributed by atoms with E-state index in [0.29, 0.717) is 13.2 Å². The van der Waals surface area contributed by atoms with E-state index in [-0.39, 0.29) is 25.8 Å². The van der Waals surface area contributed by atoms with Gasteiger partial charge in [0.2, 0.25) is 0 Å². The van der Waals surface area contributed by atoms with Gasteiger partial charge in [-0.1, -0.05) is 0 Å². The third-order valence-corrected chi connectivity index (χ3v) is 1.42. The molecule has 0 aromatic rings. The molecule has 0 aliphatic heterocycles. The quantitative estimate of drug-likeness (QED) is 0.520. The van der Waals surface area contributed by atoms with E-state index in [4.69, 9.17) is 24.4 Å². The largest absolute Gasteiger partial charge is 0.373 e. The molecular formula is C8H18O5. The molecule has 0 saturated heterocycles. The van der Waals surface area contributed by atoms with E-state index < -0.39 is 0 Å². The van der Waals surface area contributed by atoms with Crippen LogP contribution in [-0.2, 0) is 14.2 Å². The molecule has 0 fully saturated rings. The van der Waals surface area contributed by atoms with Gasteiger partial charge < -0.3 is 24.4 Å². The lowest BCUT2D eigenvalue weighted by molar-refractivity contribution is -0.104. The van der Waals surface area contributed by atoms with Crippen molar-refractivity contribution in [3.05, 3.63) is 0 Å². The molecule has 0 aromatic heterocycles. The van der Waals surface area contributed by atoms with Crippen molar-refractivity contribution in [1.29, 1.82) is 0 Å². The molecule has 80 valence electrons. The summed E-state index contributed by atoms with van der Waals surface area (Å²) in [7, 11) is 0. The van der Waals surface area contributed by atoms with Crippen molar-refractivity contribution in [3.63, 3.8) is 0 Å². The summed E-state index contributed by atoms with van der Waals surface area (Å²) in [6, 6.07) is 0.